The number of urea groups is 1. The highest BCUT2D eigenvalue weighted by atomic mass is 16.2. The molecule has 0 saturated carbocycles. The third-order valence-corrected chi connectivity index (χ3v) is 3.64. The summed E-state index contributed by atoms with van der Waals surface area (Å²) in [5.41, 5.74) is 2.73. The van der Waals surface area contributed by atoms with E-state index in [9.17, 15) is 4.79 Å². The van der Waals surface area contributed by atoms with Crippen molar-refractivity contribution in [2.45, 2.75) is 26.9 Å². The molecule has 0 bridgehead atoms. The number of nitrogens with zero attached hydrogens (tertiary/aromatic N) is 3. The lowest BCUT2D eigenvalue weighted by Gasteiger charge is -2.11. The Morgan fingerprint density at radius 3 is 2.80 bits per heavy atom. The Labute approximate surface area is 146 Å². The highest BCUT2D eigenvalue weighted by Gasteiger charge is 2.09. The molecule has 3 aromatic rings. The molecule has 0 aliphatic heterocycles. The van der Waals surface area contributed by atoms with Gasteiger partial charge in [-0.3, -0.25) is 10.4 Å². The van der Waals surface area contributed by atoms with Gasteiger partial charge in [0.25, 0.3) is 0 Å². The first-order valence-corrected chi connectivity index (χ1v) is 8.28. The fraction of sp³-hybridized carbons (Fsp3) is 0.278. The number of anilines is 1. The summed E-state index contributed by atoms with van der Waals surface area (Å²) in [6, 6.07) is 13.3. The van der Waals surface area contributed by atoms with Gasteiger partial charge in [0, 0.05) is 18.2 Å². The molecule has 7 nitrogen and oxygen atoms in total. The molecule has 0 atom stereocenters. The topological polar surface area (TPSA) is 87.6 Å². The van der Waals surface area contributed by atoms with E-state index in [1.54, 1.807) is 16.9 Å². The van der Waals surface area contributed by atoms with E-state index >= 15 is 0 Å². The molecule has 0 spiro atoms. The van der Waals surface area contributed by atoms with E-state index in [2.05, 4.69) is 39.8 Å². The van der Waals surface area contributed by atoms with Gasteiger partial charge in [-0.2, -0.15) is 10.2 Å². The number of benzene rings is 1. The highest BCUT2D eigenvalue weighted by Crippen LogP contribution is 2.16. The first-order valence-electron chi connectivity index (χ1n) is 8.28. The van der Waals surface area contributed by atoms with Crippen LogP contribution in [0.25, 0.3) is 11.3 Å². The summed E-state index contributed by atoms with van der Waals surface area (Å²) in [4.78, 5) is 12.1. The van der Waals surface area contributed by atoms with Crippen LogP contribution < -0.4 is 10.6 Å². The SMILES string of the molecule is CC(C)Cn1nccc1NC(=O)NCc1cc(-c2ccccc2)n[nH]1. The van der Waals surface area contributed by atoms with E-state index in [4.69, 9.17) is 0 Å². The van der Waals surface area contributed by atoms with Crippen LogP contribution in [0, 0.1) is 5.92 Å². The van der Waals surface area contributed by atoms with Gasteiger partial charge in [-0.1, -0.05) is 44.2 Å². The molecule has 3 rings (SSSR count). The third kappa shape index (κ3) is 4.47. The smallest absolute Gasteiger partial charge is 0.320 e. The molecule has 0 fully saturated rings. The van der Waals surface area contributed by atoms with Crippen molar-refractivity contribution >= 4 is 11.8 Å². The predicted molar refractivity (Wildman–Crippen MR) is 96.9 cm³/mol. The van der Waals surface area contributed by atoms with Gasteiger partial charge in [0.2, 0.25) is 0 Å². The summed E-state index contributed by atoms with van der Waals surface area (Å²) in [5, 5.41) is 17.1. The van der Waals surface area contributed by atoms with Crippen molar-refractivity contribution in [3.8, 4) is 11.3 Å². The number of carbonyl (C=O) groups excluding carboxylic acids is 1. The fourth-order valence-electron chi connectivity index (χ4n) is 2.48. The molecular weight excluding hydrogens is 316 g/mol. The lowest BCUT2D eigenvalue weighted by molar-refractivity contribution is 0.251. The van der Waals surface area contributed by atoms with Crippen LogP contribution in [0.2, 0.25) is 0 Å². The zero-order valence-corrected chi connectivity index (χ0v) is 14.4. The summed E-state index contributed by atoms with van der Waals surface area (Å²) < 4.78 is 1.79. The molecule has 130 valence electrons. The maximum absolute atomic E-state index is 12.1. The Morgan fingerprint density at radius 1 is 1.24 bits per heavy atom. The van der Waals surface area contributed by atoms with Crippen LogP contribution in [-0.4, -0.2) is 26.0 Å². The van der Waals surface area contributed by atoms with Crippen LogP contribution in [0.3, 0.4) is 0 Å². The van der Waals surface area contributed by atoms with E-state index < -0.39 is 0 Å². The number of aromatic nitrogens is 4. The maximum atomic E-state index is 12.1. The van der Waals surface area contributed by atoms with Crippen molar-refractivity contribution in [3.05, 3.63) is 54.4 Å². The van der Waals surface area contributed by atoms with Crippen LogP contribution in [0.1, 0.15) is 19.5 Å². The molecule has 3 N–H and O–H groups in total. The van der Waals surface area contributed by atoms with Crippen molar-refractivity contribution in [3.63, 3.8) is 0 Å². The second-order valence-electron chi connectivity index (χ2n) is 6.24. The Morgan fingerprint density at radius 2 is 2.04 bits per heavy atom. The van der Waals surface area contributed by atoms with E-state index in [1.807, 2.05) is 36.4 Å². The van der Waals surface area contributed by atoms with Gasteiger partial charge >= 0.3 is 6.03 Å². The second kappa shape index (κ2) is 7.65. The molecule has 1 aromatic carbocycles. The number of nitrogens with one attached hydrogen (secondary N) is 3. The predicted octanol–water partition coefficient (Wildman–Crippen LogP) is 3.25. The second-order valence-corrected chi connectivity index (χ2v) is 6.24. The normalized spacial score (nSPS) is 10.8. The minimum absolute atomic E-state index is 0.277. The van der Waals surface area contributed by atoms with Crippen LogP contribution in [0.5, 0.6) is 0 Å². The molecule has 0 aliphatic carbocycles. The number of hydrogen-bond donors (Lipinski definition) is 3. The summed E-state index contributed by atoms with van der Waals surface area (Å²) in [7, 11) is 0. The van der Waals surface area contributed by atoms with E-state index in [1.165, 1.54) is 0 Å². The number of carbonyl (C=O) groups is 1. The molecule has 2 amide bonds. The molecular formula is C18H22N6O. The van der Waals surface area contributed by atoms with Gasteiger partial charge in [-0.25, -0.2) is 9.48 Å². The van der Waals surface area contributed by atoms with E-state index in [0.29, 0.717) is 18.3 Å². The van der Waals surface area contributed by atoms with Crippen molar-refractivity contribution in [1.29, 1.82) is 0 Å². The summed E-state index contributed by atoms with van der Waals surface area (Å²) >= 11 is 0. The minimum Gasteiger partial charge on any atom is -0.332 e. The summed E-state index contributed by atoms with van der Waals surface area (Å²) in [6.45, 7) is 5.33. The van der Waals surface area contributed by atoms with Crippen molar-refractivity contribution in [1.82, 2.24) is 25.3 Å². The summed E-state index contributed by atoms with van der Waals surface area (Å²) in [5.74, 6) is 1.13. The van der Waals surface area contributed by atoms with E-state index in [0.717, 1.165) is 23.5 Å². The molecule has 2 heterocycles. The lowest BCUT2D eigenvalue weighted by Crippen LogP contribution is -2.29. The molecule has 7 heteroatoms. The first-order chi connectivity index (χ1) is 12.1. The largest absolute Gasteiger partial charge is 0.332 e. The standard InChI is InChI=1S/C18H22N6O/c1-13(2)12-24-17(8-9-20-24)21-18(25)19-11-15-10-16(23-22-15)14-6-4-3-5-7-14/h3-10,13H,11-12H2,1-2H3,(H,22,23)(H2,19,21,25). The Hall–Kier alpha value is -3.09. The minimum atomic E-state index is -0.277. The van der Waals surface area contributed by atoms with Crippen molar-refractivity contribution in [2.75, 3.05) is 5.32 Å². The zero-order valence-electron chi connectivity index (χ0n) is 14.4. The van der Waals surface area contributed by atoms with Gasteiger partial charge in [-0.15, -0.1) is 0 Å². The number of H-pyrrole nitrogens is 1. The van der Waals surface area contributed by atoms with Crippen LogP contribution in [-0.2, 0) is 13.1 Å². The first kappa shape index (κ1) is 16.8. The van der Waals surface area contributed by atoms with Crippen LogP contribution in [0.15, 0.2) is 48.7 Å². The quantitative estimate of drug-likeness (QED) is 0.645. The number of amides is 2. The fourth-order valence-corrected chi connectivity index (χ4v) is 2.48. The monoisotopic (exact) mass is 338 g/mol. The number of rotatable bonds is 6. The van der Waals surface area contributed by atoms with Gasteiger partial charge in [0.15, 0.2) is 0 Å². The molecule has 25 heavy (non-hydrogen) atoms. The van der Waals surface area contributed by atoms with Gasteiger partial charge in [0.1, 0.15) is 5.82 Å². The molecule has 0 saturated heterocycles. The Bertz CT molecular complexity index is 821. The van der Waals surface area contributed by atoms with E-state index in [-0.39, 0.29) is 6.03 Å². The van der Waals surface area contributed by atoms with Crippen LogP contribution >= 0.6 is 0 Å². The Balaban J connectivity index is 1.55. The van der Waals surface area contributed by atoms with Crippen molar-refractivity contribution < 1.29 is 4.79 Å². The number of aromatic amines is 1. The zero-order chi connectivity index (χ0) is 17.6. The molecule has 0 aliphatic rings. The molecule has 2 aromatic heterocycles. The van der Waals surface area contributed by atoms with Gasteiger partial charge in [0.05, 0.1) is 24.1 Å². The lowest BCUT2D eigenvalue weighted by atomic mass is 10.1. The molecule has 0 unspecified atom stereocenters. The summed E-state index contributed by atoms with van der Waals surface area (Å²) in [6.07, 6.45) is 1.68. The van der Waals surface area contributed by atoms with Crippen molar-refractivity contribution in [2.24, 2.45) is 5.92 Å². The average molecular weight is 338 g/mol. The van der Waals surface area contributed by atoms with Crippen LogP contribution in [0.4, 0.5) is 10.6 Å². The number of hydrogen-bond acceptors (Lipinski definition) is 3. The average Bonchev–Trinajstić information content (AvgIpc) is 3.23. The third-order valence-electron chi connectivity index (χ3n) is 3.64. The Kier molecular flexibility index (Phi) is 5.13. The maximum Gasteiger partial charge on any atom is 0.320 e. The highest BCUT2D eigenvalue weighted by molar-refractivity contribution is 5.88. The van der Waals surface area contributed by atoms with Gasteiger partial charge < -0.3 is 5.32 Å². The molecule has 0 radical (unpaired) electrons. The van der Waals surface area contributed by atoms with Gasteiger partial charge in [-0.05, 0) is 12.0 Å².